The lowest BCUT2D eigenvalue weighted by molar-refractivity contribution is -0.119. The van der Waals surface area contributed by atoms with Crippen LogP contribution in [-0.4, -0.2) is 32.5 Å². The van der Waals surface area contributed by atoms with Gasteiger partial charge in [0.05, 0.1) is 5.75 Å². The van der Waals surface area contributed by atoms with Gasteiger partial charge >= 0.3 is 0 Å². The van der Waals surface area contributed by atoms with Gasteiger partial charge in [0.2, 0.25) is 5.91 Å². The normalized spacial score (nSPS) is 19.6. The maximum Gasteiger partial charge on any atom is 0.230 e. The molecule has 1 N–H and O–H groups in total. The van der Waals surface area contributed by atoms with Gasteiger partial charge in [-0.15, -0.1) is 16.8 Å². The van der Waals surface area contributed by atoms with E-state index in [-0.39, 0.29) is 5.91 Å². The van der Waals surface area contributed by atoms with Crippen LogP contribution in [0.5, 0.6) is 0 Å². The molecular formula is C21H28N4OS. The van der Waals surface area contributed by atoms with Crippen molar-refractivity contribution < 1.29 is 4.79 Å². The zero-order valence-electron chi connectivity index (χ0n) is 16.1. The molecule has 0 radical (unpaired) electrons. The zero-order chi connectivity index (χ0) is 19.2. The summed E-state index contributed by atoms with van der Waals surface area (Å²) < 4.78 is 2.02. The summed E-state index contributed by atoms with van der Waals surface area (Å²) in [6.45, 7) is 8.80. The Bertz CT molecular complexity index is 793. The van der Waals surface area contributed by atoms with Crippen molar-refractivity contribution in [1.82, 2.24) is 20.1 Å². The number of allylic oxidation sites excluding steroid dienone is 1. The summed E-state index contributed by atoms with van der Waals surface area (Å²) in [5, 5.41) is 12.6. The number of benzene rings is 1. The summed E-state index contributed by atoms with van der Waals surface area (Å²) in [5.74, 6) is 2.02. The van der Waals surface area contributed by atoms with E-state index in [9.17, 15) is 4.79 Å². The third-order valence-electron chi connectivity index (χ3n) is 5.02. The highest BCUT2D eigenvalue weighted by Gasteiger charge is 2.20. The van der Waals surface area contributed by atoms with E-state index in [1.807, 2.05) is 22.8 Å². The van der Waals surface area contributed by atoms with E-state index in [4.69, 9.17) is 0 Å². The molecule has 0 saturated heterocycles. The average molecular weight is 385 g/mol. The van der Waals surface area contributed by atoms with Gasteiger partial charge in [-0.1, -0.05) is 48.5 Å². The summed E-state index contributed by atoms with van der Waals surface area (Å²) in [7, 11) is 0. The van der Waals surface area contributed by atoms with Crippen molar-refractivity contribution >= 4 is 17.7 Å². The second-order valence-corrected chi connectivity index (χ2v) is 8.33. The minimum absolute atomic E-state index is 0.0739. The number of amides is 1. The Morgan fingerprint density at radius 1 is 1.33 bits per heavy atom. The molecule has 0 aliphatic heterocycles. The summed E-state index contributed by atoms with van der Waals surface area (Å²) in [4.78, 5) is 12.3. The van der Waals surface area contributed by atoms with E-state index in [2.05, 4.69) is 48.1 Å². The van der Waals surface area contributed by atoms with Crippen LogP contribution in [0.4, 0.5) is 0 Å². The molecule has 1 aliphatic carbocycles. The number of aromatic nitrogens is 3. The van der Waals surface area contributed by atoms with E-state index in [0.29, 0.717) is 18.3 Å². The fraction of sp³-hybridized carbons (Fsp3) is 0.476. The summed E-state index contributed by atoms with van der Waals surface area (Å²) in [6, 6.07) is 8.52. The molecular weight excluding hydrogens is 356 g/mol. The molecule has 1 fully saturated rings. The quantitative estimate of drug-likeness (QED) is 0.573. The second-order valence-electron chi connectivity index (χ2n) is 7.39. The van der Waals surface area contributed by atoms with Gasteiger partial charge in [-0.2, -0.15) is 0 Å². The molecule has 0 bridgehead atoms. The Labute approximate surface area is 165 Å². The van der Waals surface area contributed by atoms with Gasteiger partial charge in [0, 0.05) is 18.2 Å². The number of hydrogen-bond acceptors (Lipinski definition) is 4. The van der Waals surface area contributed by atoms with Crippen LogP contribution in [0.3, 0.4) is 0 Å². The predicted molar refractivity (Wildman–Crippen MR) is 111 cm³/mol. The molecule has 1 amide bonds. The van der Waals surface area contributed by atoms with Crippen molar-refractivity contribution in [2.24, 2.45) is 5.92 Å². The molecule has 2 aromatic rings. The Hall–Kier alpha value is -2.08. The van der Waals surface area contributed by atoms with Crippen LogP contribution < -0.4 is 5.32 Å². The van der Waals surface area contributed by atoms with Crippen LogP contribution in [0.2, 0.25) is 0 Å². The van der Waals surface area contributed by atoms with E-state index in [1.54, 1.807) is 0 Å². The minimum atomic E-state index is 0.0739. The number of carbonyl (C=O) groups is 1. The lowest BCUT2D eigenvalue weighted by Crippen LogP contribution is -2.38. The van der Waals surface area contributed by atoms with Crippen molar-refractivity contribution in [3.63, 3.8) is 0 Å². The molecule has 0 atom stereocenters. The van der Waals surface area contributed by atoms with Gasteiger partial charge in [0.1, 0.15) is 0 Å². The van der Waals surface area contributed by atoms with Gasteiger partial charge in [-0.25, -0.2) is 0 Å². The number of aryl methyl sites for hydroxylation is 1. The number of nitrogens with zero attached hydrogens (tertiary/aromatic N) is 3. The first-order valence-corrected chi connectivity index (χ1v) is 10.6. The highest BCUT2D eigenvalue weighted by Crippen LogP contribution is 2.26. The second kappa shape index (κ2) is 9.22. The smallest absolute Gasteiger partial charge is 0.230 e. The maximum absolute atomic E-state index is 12.3. The Balaban J connectivity index is 1.64. The first kappa shape index (κ1) is 19.7. The summed E-state index contributed by atoms with van der Waals surface area (Å²) >= 11 is 1.43. The Kier molecular flexibility index (Phi) is 6.72. The number of nitrogens with one attached hydrogen (secondary N) is 1. The molecule has 1 heterocycles. The topological polar surface area (TPSA) is 59.8 Å². The summed E-state index contributed by atoms with van der Waals surface area (Å²) in [5.41, 5.74) is 2.20. The fourth-order valence-corrected chi connectivity index (χ4v) is 4.25. The fourth-order valence-electron chi connectivity index (χ4n) is 3.49. The molecule has 1 aliphatic rings. The highest BCUT2D eigenvalue weighted by molar-refractivity contribution is 7.99. The summed E-state index contributed by atoms with van der Waals surface area (Å²) in [6.07, 6.45) is 6.40. The van der Waals surface area contributed by atoms with Gasteiger partial charge in [0.25, 0.3) is 0 Å². The number of carbonyl (C=O) groups excluding carboxylic acids is 1. The van der Waals surface area contributed by atoms with Crippen molar-refractivity contribution in [2.75, 3.05) is 5.75 Å². The third kappa shape index (κ3) is 5.22. The molecule has 0 unspecified atom stereocenters. The molecule has 144 valence electrons. The predicted octanol–water partition coefficient (Wildman–Crippen LogP) is 4.23. The van der Waals surface area contributed by atoms with Gasteiger partial charge in [0.15, 0.2) is 11.0 Å². The molecule has 27 heavy (non-hydrogen) atoms. The minimum Gasteiger partial charge on any atom is -0.353 e. The molecule has 1 aromatic carbocycles. The van der Waals surface area contributed by atoms with E-state index < -0.39 is 0 Å². The average Bonchev–Trinajstić information content (AvgIpc) is 3.05. The molecule has 3 rings (SSSR count). The van der Waals surface area contributed by atoms with Crippen LogP contribution in [0.25, 0.3) is 11.4 Å². The van der Waals surface area contributed by atoms with Crippen molar-refractivity contribution in [1.29, 1.82) is 0 Å². The lowest BCUT2D eigenvalue weighted by atomic mass is 9.87. The van der Waals surface area contributed by atoms with Gasteiger partial charge < -0.3 is 5.32 Å². The SMILES string of the molecule is C=CCn1c(SCC(=O)NC2CCC(C)CC2)nnc1-c1cccc(C)c1. The molecule has 5 nitrogen and oxygen atoms in total. The van der Waals surface area contributed by atoms with Gasteiger partial charge in [-0.05, 0) is 44.6 Å². The van der Waals surface area contributed by atoms with Crippen molar-refractivity contribution in [3.8, 4) is 11.4 Å². The largest absolute Gasteiger partial charge is 0.353 e. The Morgan fingerprint density at radius 3 is 2.81 bits per heavy atom. The number of rotatable bonds is 7. The molecule has 0 spiro atoms. The van der Waals surface area contributed by atoms with Crippen LogP contribution in [0, 0.1) is 12.8 Å². The molecule has 6 heteroatoms. The van der Waals surface area contributed by atoms with E-state index in [0.717, 1.165) is 35.3 Å². The maximum atomic E-state index is 12.3. The monoisotopic (exact) mass is 384 g/mol. The van der Waals surface area contributed by atoms with Crippen LogP contribution in [0.1, 0.15) is 38.2 Å². The third-order valence-corrected chi connectivity index (χ3v) is 5.98. The van der Waals surface area contributed by atoms with E-state index >= 15 is 0 Å². The molecule has 1 saturated carbocycles. The number of thioether (sulfide) groups is 1. The van der Waals surface area contributed by atoms with Crippen molar-refractivity contribution in [2.45, 2.75) is 57.3 Å². The lowest BCUT2D eigenvalue weighted by Gasteiger charge is -2.26. The van der Waals surface area contributed by atoms with Crippen LogP contribution in [-0.2, 0) is 11.3 Å². The standard InChI is InChI=1S/C21H28N4OS/c1-4-12-25-20(17-7-5-6-16(3)13-17)23-24-21(25)27-14-19(26)22-18-10-8-15(2)9-11-18/h4-7,13,15,18H,1,8-12,14H2,2-3H3,(H,22,26). The first-order valence-electron chi connectivity index (χ1n) is 9.60. The van der Waals surface area contributed by atoms with Gasteiger partial charge in [-0.3, -0.25) is 9.36 Å². The number of hydrogen-bond donors (Lipinski definition) is 1. The Morgan fingerprint density at radius 2 is 2.11 bits per heavy atom. The van der Waals surface area contributed by atoms with Crippen LogP contribution in [0.15, 0.2) is 42.1 Å². The molecule has 1 aromatic heterocycles. The van der Waals surface area contributed by atoms with Crippen molar-refractivity contribution in [3.05, 3.63) is 42.5 Å². The van der Waals surface area contributed by atoms with Crippen LogP contribution >= 0.6 is 11.8 Å². The first-order chi connectivity index (χ1) is 13.1. The van der Waals surface area contributed by atoms with E-state index in [1.165, 1.54) is 30.2 Å². The highest BCUT2D eigenvalue weighted by atomic mass is 32.2. The zero-order valence-corrected chi connectivity index (χ0v) is 17.0.